The van der Waals surface area contributed by atoms with Gasteiger partial charge in [-0.3, -0.25) is 4.79 Å². The molecule has 1 aromatic carbocycles. The Labute approximate surface area is 153 Å². The van der Waals surface area contributed by atoms with Crippen LogP contribution in [0.3, 0.4) is 0 Å². The number of nitrogens with zero attached hydrogens (tertiary/aromatic N) is 1. The Kier molecular flexibility index (Phi) is 6.99. The van der Waals surface area contributed by atoms with Gasteiger partial charge in [-0.25, -0.2) is 8.78 Å². The molecule has 0 bridgehead atoms. The summed E-state index contributed by atoms with van der Waals surface area (Å²) in [6, 6.07) is 10.3. The summed E-state index contributed by atoms with van der Waals surface area (Å²) in [5.74, 6) is 0. The third-order valence-corrected chi connectivity index (χ3v) is 3.38. The van der Waals surface area contributed by atoms with Crippen LogP contribution in [0.5, 0.6) is 0 Å². The Morgan fingerprint density at radius 3 is 2.65 bits per heavy atom. The van der Waals surface area contributed by atoms with Crippen molar-refractivity contribution in [2.24, 2.45) is 0 Å². The summed E-state index contributed by atoms with van der Waals surface area (Å²) in [4.78, 5) is 11.7. The molecule has 103 valence electrons. The van der Waals surface area contributed by atoms with Crippen molar-refractivity contribution >= 4 is 27.5 Å². The van der Waals surface area contributed by atoms with Crippen LogP contribution >= 0.6 is 27.5 Å². The Bertz CT molecular complexity index is 663. The maximum absolute atomic E-state index is 12.6. The van der Waals surface area contributed by atoms with Crippen molar-refractivity contribution in [2.45, 2.75) is 13.0 Å². The van der Waals surface area contributed by atoms with Gasteiger partial charge in [-0.2, -0.15) is 12.1 Å². The maximum atomic E-state index is 12.6. The molecule has 0 aliphatic rings. The van der Waals surface area contributed by atoms with Crippen molar-refractivity contribution in [3.63, 3.8) is 0 Å². The first-order valence-electron chi connectivity index (χ1n) is 5.34. The summed E-state index contributed by atoms with van der Waals surface area (Å²) >= 11 is 9.13. The monoisotopic (exact) mass is 435 g/mol. The third kappa shape index (κ3) is 4.20. The molecular weight excluding hydrogens is 428 g/mol. The molecular formula is C13H8BrClF2NOY-. The van der Waals surface area contributed by atoms with Crippen molar-refractivity contribution in [3.8, 4) is 11.3 Å². The van der Waals surface area contributed by atoms with Gasteiger partial charge in [-0.15, -0.1) is 6.07 Å². The first-order chi connectivity index (χ1) is 8.99. The predicted molar refractivity (Wildman–Crippen MR) is 73.7 cm³/mol. The van der Waals surface area contributed by atoms with E-state index in [9.17, 15) is 13.6 Å². The summed E-state index contributed by atoms with van der Waals surface area (Å²) in [5.41, 5.74) is 0.398. The summed E-state index contributed by atoms with van der Waals surface area (Å²) in [6.07, 6.45) is -2.61. The number of rotatable bonds is 3. The molecule has 0 unspecified atom stereocenters. The molecule has 0 saturated carbocycles. The van der Waals surface area contributed by atoms with Crippen molar-refractivity contribution in [2.75, 3.05) is 0 Å². The van der Waals surface area contributed by atoms with E-state index in [1.807, 2.05) is 0 Å². The normalized spacial score (nSPS) is 10.4. The van der Waals surface area contributed by atoms with E-state index in [2.05, 4.69) is 22.0 Å². The van der Waals surface area contributed by atoms with Gasteiger partial charge in [0.1, 0.15) is 0 Å². The molecule has 0 fully saturated rings. The largest absolute Gasteiger partial charge is 0.337 e. The zero-order valence-corrected chi connectivity index (χ0v) is 15.3. The van der Waals surface area contributed by atoms with Crippen LogP contribution in [-0.2, 0) is 39.3 Å². The summed E-state index contributed by atoms with van der Waals surface area (Å²) in [6.45, 7) is -0.666. The van der Waals surface area contributed by atoms with Gasteiger partial charge >= 0.3 is 0 Å². The van der Waals surface area contributed by atoms with E-state index >= 15 is 0 Å². The van der Waals surface area contributed by atoms with Crippen molar-refractivity contribution in [3.05, 3.63) is 56.2 Å². The smallest absolute Gasteiger partial charge is 0.256 e. The van der Waals surface area contributed by atoms with Gasteiger partial charge in [0.05, 0.1) is 6.54 Å². The first-order valence-corrected chi connectivity index (χ1v) is 6.51. The van der Waals surface area contributed by atoms with E-state index in [0.717, 1.165) is 4.57 Å². The zero-order chi connectivity index (χ0) is 14.0. The molecule has 2 aromatic rings. The fraction of sp³-hybridized carbons (Fsp3) is 0.154. The molecule has 0 saturated heterocycles. The molecule has 1 aromatic heterocycles. The van der Waals surface area contributed by atoms with E-state index in [0.29, 0.717) is 20.8 Å². The summed E-state index contributed by atoms with van der Waals surface area (Å²) < 4.78 is 26.7. The number of hydrogen-bond donors (Lipinski definition) is 0. The standard InChI is InChI=1S/C13H8BrClF2NO.Y/c14-10-6-8(15)4-5-9(10)11-2-1-3-13(19)18(11)7-12(16)17;/h1,3-6,12H,7H2;/q-1;. The molecule has 2 nitrogen and oxygen atoms in total. The van der Waals surface area contributed by atoms with Crippen LogP contribution in [-0.4, -0.2) is 11.0 Å². The Morgan fingerprint density at radius 1 is 1.35 bits per heavy atom. The second-order valence-electron chi connectivity index (χ2n) is 3.79. The van der Waals surface area contributed by atoms with Crippen molar-refractivity contribution < 1.29 is 41.5 Å². The Morgan fingerprint density at radius 2 is 2.05 bits per heavy atom. The Balaban J connectivity index is 0.00000200. The minimum atomic E-state index is -2.61. The molecule has 0 aliphatic carbocycles. The fourth-order valence-electron chi connectivity index (χ4n) is 1.69. The second-order valence-corrected chi connectivity index (χ2v) is 5.08. The minimum absolute atomic E-state index is 0. The van der Waals surface area contributed by atoms with Gasteiger partial charge in [0.25, 0.3) is 6.43 Å². The van der Waals surface area contributed by atoms with E-state index < -0.39 is 18.5 Å². The molecule has 0 atom stereocenters. The topological polar surface area (TPSA) is 22.0 Å². The summed E-state index contributed by atoms with van der Waals surface area (Å²) in [7, 11) is 0. The number of alkyl halides is 2. The van der Waals surface area contributed by atoms with Crippen LogP contribution in [0.15, 0.2) is 39.6 Å². The number of aromatic nitrogens is 1. The minimum Gasteiger partial charge on any atom is -0.337 e. The molecule has 0 amide bonds. The van der Waals surface area contributed by atoms with E-state index in [-0.39, 0.29) is 32.7 Å². The van der Waals surface area contributed by atoms with E-state index in [1.54, 1.807) is 18.2 Å². The average molecular weight is 436 g/mol. The number of halogens is 4. The van der Waals surface area contributed by atoms with Crippen LogP contribution in [0.25, 0.3) is 11.3 Å². The van der Waals surface area contributed by atoms with E-state index in [4.69, 9.17) is 11.6 Å². The molecule has 7 heteroatoms. The van der Waals surface area contributed by atoms with Gasteiger partial charge in [0, 0.05) is 37.7 Å². The first kappa shape index (κ1) is 18.0. The SMILES string of the molecule is O=c1cc[c-]c(-c2ccc(Cl)cc2Br)n1CC(F)F.[Y]. The van der Waals surface area contributed by atoms with Gasteiger partial charge in [0.15, 0.2) is 5.56 Å². The van der Waals surface area contributed by atoms with Crippen LogP contribution in [0.2, 0.25) is 5.02 Å². The molecule has 20 heavy (non-hydrogen) atoms. The second kappa shape index (κ2) is 7.78. The number of benzene rings is 1. The summed E-state index contributed by atoms with van der Waals surface area (Å²) in [5, 5.41) is 0.509. The van der Waals surface area contributed by atoms with Crippen molar-refractivity contribution in [1.29, 1.82) is 0 Å². The molecule has 1 heterocycles. The maximum Gasteiger partial charge on any atom is 0.256 e. The van der Waals surface area contributed by atoms with Crippen LogP contribution < -0.4 is 5.56 Å². The van der Waals surface area contributed by atoms with Gasteiger partial charge < -0.3 is 4.57 Å². The molecule has 0 N–H and O–H groups in total. The molecule has 1 radical (unpaired) electrons. The zero-order valence-electron chi connectivity index (χ0n) is 10.1. The van der Waals surface area contributed by atoms with Gasteiger partial charge in [0.2, 0.25) is 0 Å². The fourth-order valence-corrected chi connectivity index (χ4v) is 2.56. The van der Waals surface area contributed by atoms with Crippen LogP contribution in [0.4, 0.5) is 8.78 Å². The van der Waals surface area contributed by atoms with Crippen LogP contribution in [0, 0.1) is 6.07 Å². The molecule has 2 rings (SSSR count). The molecule has 0 aliphatic heterocycles. The quantitative estimate of drug-likeness (QED) is 0.667. The number of hydrogen-bond acceptors (Lipinski definition) is 1. The van der Waals surface area contributed by atoms with Gasteiger partial charge in [-0.05, 0) is 10.5 Å². The Hall–Kier alpha value is -0.0961. The number of pyridine rings is 1. The third-order valence-electron chi connectivity index (χ3n) is 2.49. The average Bonchev–Trinajstić information content (AvgIpc) is 2.32. The van der Waals surface area contributed by atoms with E-state index in [1.165, 1.54) is 12.1 Å². The molecule has 0 spiro atoms. The van der Waals surface area contributed by atoms with Crippen LogP contribution in [0.1, 0.15) is 0 Å². The van der Waals surface area contributed by atoms with Crippen molar-refractivity contribution in [1.82, 2.24) is 4.57 Å². The van der Waals surface area contributed by atoms with Gasteiger partial charge in [-0.1, -0.05) is 50.9 Å². The predicted octanol–water partition coefficient (Wildman–Crippen LogP) is 3.99.